The minimum Gasteiger partial charge on any atom is -0.488 e. The van der Waals surface area contributed by atoms with Gasteiger partial charge in [0.05, 0.1) is 16.3 Å². The van der Waals surface area contributed by atoms with E-state index in [9.17, 15) is 13.6 Å². The van der Waals surface area contributed by atoms with Crippen LogP contribution in [0.4, 0.5) is 8.78 Å². The largest absolute Gasteiger partial charge is 0.488 e. The van der Waals surface area contributed by atoms with Crippen LogP contribution in [0.1, 0.15) is 31.7 Å². The Morgan fingerprint density at radius 1 is 1.09 bits per heavy atom. The Kier molecular flexibility index (Phi) is 5.90. The molecule has 0 radical (unpaired) electrons. The summed E-state index contributed by atoms with van der Waals surface area (Å²) in [6.07, 6.45) is 2.05. The summed E-state index contributed by atoms with van der Waals surface area (Å²) in [4.78, 5) is 18.5. The van der Waals surface area contributed by atoms with Gasteiger partial charge in [0.15, 0.2) is 5.60 Å². The molecule has 1 atom stereocenters. The summed E-state index contributed by atoms with van der Waals surface area (Å²) in [6.45, 7) is 2.90. The normalized spacial score (nSPS) is 19.5. The first-order chi connectivity index (χ1) is 16.3. The van der Waals surface area contributed by atoms with Crippen molar-refractivity contribution in [2.75, 3.05) is 6.61 Å². The molecule has 0 saturated carbocycles. The van der Waals surface area contributed by atoms with Gasteiger partial charge in [-0.3, -0.25) is 9.48 Å². The molecule has 2 aromatic carbocycles. The Bertz CT molecular complexity index is 1370. The van der Waals surface area contributed by atoms with Crippen LogP contribution < -0.4 is 10.3 Å². The van der Waals surface area contributed by atoms with Crippen molar-refractivity contribution in [2.24, 2.45) is 5.16 Å². The summed E-state index contributed by atoms with van der Waals surface area (Å²) < 4.78 is 38.1. The Morgan fingerprint density at radius 2 is 1.82 bits per heavy atom. The summed E-state index contributed by atoms with van der Waals surface area (Å²) in [6, 6.07) is 8.79. The van der Waals surface area contributed by atoms with Crippen LogP contribution in [0, 0.1) is 11.6 Å². The van der Waals surface area contributed by atoms with Crippen molar-refractivity contribution in [1.29, 1.82) is 0 Å². The number of hydrogen-bond donors (Lipinski definition) is 0. The first kappa shape index (κ1) is 22.9. The summed E-state index contributed by atoms with van der Waals surface area (Å²) in [7, 11) is 0. The molecule has 5 rings (SSSR count). The molecule has 0 spiro atoms. The minimum absolute atomic E-state index is 0.0121. The third-order valence-electron chi connectivity index (χ3n) is 6.09. The number of rotatable bonds is 5. The zero-order valence-corrected chi connectivity index (χ0v) is 19.8. The van der Waals surface area contributed by atoms with E-state index in [-0.39, 0.29) is 45.0 Å². The van der Waals surface area contributed by atoms with Crippen LogP contribution in [-0.2, 0) is 17.9 Å². The number of fused-ring (bicyclic) bond motifs is 1. The van der Waals surface area contributed by atoms with Gasteiger partial charge in [-0.05, 0) is 38.0 Å². The summed E-state index contributed by atoms with van der Waals surface area (Å²) in [5, 5.41) is 4.26. The van der Waals surface area contributed by atoms with Crippen LogP contribution in [0.5, 0.6) is 5.75 Å². The third kappa shape index (κ3) is 3.99. The van der Waals surface area contributed by atoms with Crippen LogP contribution in [-0.4, -0.2) is 27.3 Å². The molecule has 1 aromatic heterocycles. The van der Waals surface area contributed by atoms with Crippen molar-refractivity contribution in [2.45, 2.75) is 44.9 Å². The fourth-order valence-electron chi connectivity index (χ4n) is 4.32. The molecule has 2 aliphatic rings. The lowest BCUT2D eigenvalue weighted by atomic mass is 9.96. The van der Waals surface area contributed by atoms with Crippen molar-refractivity contribution in [3.05, 3.63) is 74.1 Å². The SMILES string of the molecule is CC1(COc2cc(-c3c(Cl)n4n(c3=O)CCCC4)c(F)cc2Cl)CC(c2ccccc2F)=NO1. The third-order valence-corrected chi connectivity index (χ3v) is 6.77. The topological polar surface area (TPSA) is 57.8 Å². The molecule has 3 aromatic rings. The lowest BCUT2D eigenvalue weighted by Gasteiger charge is -2.22. The quantitative estimate of drug-likeness (QED) is 0.447. The molecule has 0 aliphatic carbocycles. The van der Waals surface area contributed by atoms with Gasteiger partial charge in [0, 0.05) is 30.6 Å². The summed E-state index contributed by atoms with van der Waals surface area (Å²) in [5.41, 5.74) is -0.316. The van der Waals surface area contributed by atoms with E-state index in [2.05, 4.69) is 5.16 Å². The fraction of sp³-hybridized carbons (Fsp3) is 0.333. The number of nitrogens with zero attached hydrogens (tertiary/aromatic N) is 3. The van der Waals surface area contributed by atoms with Gasteiger partial charge < -0.3 is 9.57 Å². The van der Waals surface area contributed by atoms with Gasteiger partial charge in [-0.2, -0.15) is 0 Å². The van der Waals surface area contributed by atoms with E-state index in [1.165, 1.54) is 16.8 Å². The molecule has 0 fully saturated rings. The number of oxime groups is 1. The van der Waals surface area contributed by atoms with Crippen LogP contribution in [0.3, 0.4) is 0 Å². The Hall–Kier alpha value is -2.84. The first-order valence-corrected chi connectivity index (χ1v) is 11.6. The van der Waals surface area contributed by atoms with Crippen LogP contribution in [0.25, 0.3) is 11.1 Å². The van der Waals surface area contributed by atoms with Gasteiger partial charge in [0.1, 0.15) is 29.1 Å². The molecule has 10 heteroatoms. The van der Waals surface area contributed by atoms with Gasteiger partial charge in [-0.25, -0.2) is 13.5 Å². The Balaban J connectivity index is 1.39. The Labute approximate surface area is 204 Å². The van der Waals surface area contributed by atoms with E-state index in [1.54, 1.807) is 29.8 Å². The van der Waals surface area contributed by atoms with E-state index >= 15 is 0 Å². The number of halogens is 4. The molecular weight excluding hydrogens is 487 g/mol. The van der Waals surface area contributed by atoms with Crippen molar-refractivity contribution in [3.63, 3.8) is 0 Å². The van der Waals surface area contributed by atoms with Gasteiger partial charge in [0.2, 0.25) is 0 Å². The highest BCUT2D eigenvalue weighted by atomic mass is 35.5. The second-order valence-corrected chi connectivity index (χ2v) is 9.48. The highest BCUT2D eigenvalue weighted by molar-refractivity contribution is 6.33. The van der Waals surface area contributed by atoms with Crippen molar-refractivity contribution in [3.8, 4) is 16.9 Å². The molecule has 34 heavy (non-hydrogen) atoms. The van der Waals surface area contributed by atoms with E-state index in [0.717, 1.165) is 18.9 Å². The number of hydrogen-bond acceptors (Lipinski definition) is 4. The van der Waals surface area contributed by atoms with E-state index in [1.807, 2.05) is 0 Å². The van der Waals surface area contributed by atoms with Gasteiger partial charge in [0.25, 0.3) is 5.56 Å². The van der Waals surface area contributed by atoms with E-state index < -0.39 is 11.4 Å². The maximum atomic E-state index is 14.9. The fourth-order valence-corrected chi connectivity index (χ4v) is 4.88. The van der Waals surface area contributed by atoms with Crippen LogP contribution in [0.15, 0.2) is 46.3 Å². The average Bonchev–Trinajstić information content (AvgIpc) is 3.32. The van der Waals surface area contributed by atoms with E-state index in [4.69, 9.17) is 32.8 Å². The molecule has 1 unspecified atom stereocenters. The maximum absolute atomic E-state index is 14.9. The highest BCUT2D eigenvalue weighted by Gasteiger charge is 2.37. The number of ether oxygens (including phenoxy) is 1. The molecule has 178 valence electrons. The maximum Gasteiger partial charge on any atom is 0.276 e. The van der Waals surface area contributed by atoms with Gasteiger partial charge in [-0.1, -0.05) is 46.6 Å². The molecule has 3 heterocycles. The number of aromatic nitrogens is 2. The second kappa shape index (κ2) is 8.74. The van der Waals surface area contributed by atoms with Gasteiger partial charge in [-0.15, -0.1) is 0 Å². The smallest absolute Gasteiger partial charge is 0.276 e. The molecule has 0 bridgehead atoms. The second-order valence-electron chi connectivity index (χ2n) is 8.71. The zero-order chi connectivity index (χ0) is 24.0. The summed E-state index contributed by atoms with van der Waals surface area (Å²) >= 11 is 12.7. The summed E-state index contributed by atoms with van der Waals surface area (Å²) in [5.74, 6) is -0.889. The first-order valence-electron chi connectivity index (χ1n) is 10.9. The predicted molar refractivity (Wildman–Crippen MR) is 126 cm³/mol. The number of benzene rings is 2. The van der Waals surface area contributed by atoms with Crippen molar-refractivity contribution >= 4 is 28.9 Å². The zero-order valence-electron chi connectivity index (χ0n) is 18.3. The van der Waals surface area contributed by atoms with Gasteiger partial charge >= 0.3 is 0 Å². The van der Waals surface area contributed by atoms with E-state index in [0.29, 0.717) is 30.8 Å². The average molecular weight is 508 g/mol. The van der Waals surface area contributed by atoms with Crippen molar-refractivity contribution < 1.29 is 18.4 Å². The molecule has 6 nitrogen and oxygen atoms in total. The molecule has 0 N–H and O–H groups in total. The molecular formula is C24H21Cl2F2N3O3. The van der Waals surface area contributed by atoms with Crippen LogP contribution >= 0.6 is 23.2 Å². The van der Waals surface area contributed by atoms with Crippen molar-refractivity contribution in [1.82, 2.24) is 9.36 Å². The highest BCUT2D eigenvalue weighted by Crippen LogP contribution is 2.37. The van der Waals surface area contributed by atoms with Crippen LogP contribution in [0.2, 0.25) is 10.2 Å². The molecule has 0 amide bonds. The standard InChI is InChI=1S/C24H21Cl2F2N3O3/c1-24(12-19(29-34-24)14-6-2-3-7-17(14)27)13-33-20-10-15(18(28)11-16(20)25)21-22(26)30-8-4-5-9-31(30)23(21)32/h2-3,6-7,10-11H,4-5,8-9,12-13H2,1H3. The predicted octanol–water partition coefficient (Wildman–Crippen LogP) is 5.66. The molecule has 0 saturated heterocycles. The monoisotopic (exact) mass is 507 g/mol. The lowest BCUT2D eigenvalue weighted by molar-refractivity contribution is -0.0356. The lowest BCUT2D eigenvalue weighted by Crippen LogP contribution is -2.33. The Morgan fingerprint density at radius 3 is 2.56 bits per heavy atom. The molecule has 2 aliphatic heterocycles. The minimum atomic E-state index is -0.887.